The SMILES string of the molecule is NC(=S)NN=CCCCN(CCCCc1ccccc1)C(=O)O. The fraction of sp³-hybridized carbons (Fsp3) is 0.438. The van der Waals surface area contributed by atoms with Crippen molar-refractivity contribution in [3.05, 3.63) is 35.9 Å². The van der Waals surface area contributed by atoms with Gasteiger partial charge in [0.2, 0.25) is 0 Å². The zero-order chi connectivity index (χ0) is 16.9. The predicted molar refractivity (Wildman–Crippen MR) is 96.6 cm³/mol. The smallest absolute Gasteiger partial charge is 0.407 e. The lowest BCUT2D eigenvalue weighted by Gasteiger charge is -2.18. The molecule has 7 heteroatoms. The Morgan fingerprint density at radius 2 is 1.96 bits per heavy atom. The van der Waals surface area contributed by atoms with Crippen molar-refractivity contribution in [3.63, 3.8) is 0 Å². The first-order valence-corrected chi connectivity index (χ1v) is 8.09. The number of carboxylic acid groups (broad SMARTS) is 1. The van der Waals surface area contributed by atoms with Crippen LogP contribution in [0.15, 0.2) is 35.4 Å². The number of aryl methyl sites for hydroxylation is 1. The van der Waals surface area contributed by atoms with E-state index in [-0.39, 0.29) is 5.11 Å². The van der Waals surface area contributed by atoms with E-state index in [2.05, 4.69) is 34.9 Å². The molecule has 0 unspecified atom stereocenters. The average Bonchev–Trinajstić information content (AvgIpc) is 2.53. The van der Waals surface area contributed by atoms with E-state index < -0.39 is 6.09 Å². The fourth-order valence-corrected chi connectivity index (χ4v) is 2.18. The summed E-state index contributed by atoms with van der Waals surface area (Å²) in [4.78, 5) is 12.7. The zero-order valence-electron chi connectivity index (χ0n) is 13.1. The van der Waals surface area contributed by atoms with Crippen LogP contribution in [-0.2, 0) is 6.42 Å². The molecular formula is C16H24N4O2S. The highest BCUT2D eigenvalue weighted by atomic mass is 32.1. The Kier molecular flexibility index (Phi) is 9.38. The van der Waals surface area contributed by atoms with Crippen LogP contribution in [0.25, 0.3) is 0 Å². The van der Waals surface area contributed by atoms with Gasteiger partial charge in [0.05, 0.1) is 0 Å². The van der Waals surface area contributed by atoms with Gasteiger partial charge in [0.25, 0.3) is 0 Å². The summed E-state index contributed by atoms with van der Waals surface area (Å²) >= 11 is 4.61. The van der Waals surface area contributed by atoms with E-state index in [4.69, 9.17) is 5.73 Å². The van der Waals surface area contributed by atoms with E-state index >= 15 is 0 Å². The van der Waals surface area contributed by atoms with Crippen LogP contribution in [0.5, 0.6) is 0 Å². The number of hydrazone groups is 1. The Hall–Kier alpha value is -2.15. The minimum absolute atomic E-state index is 0.117. The van der Waals surface area contributed by atoms with Crippen molar-refractivity contribution in [2.24, 2.45) is 10.8 Å². The van der Waals surface area contributed by atoms with Crippen molar-refractivity contribution in [2.45, 2.75) is 32.1 Å². The minimum Gasteiger partial charge on any atom is -0.465 e. The molecule has 23 heavy (non-hydrogen) atoms. The van der Waals surface area contributed by atoms with Gasteiger partial charge < -0.3 is 15.7 Å². The maximum Gasteiger partial charge on any atom is 0.407 e. The van der Waals surface area contributed by atoms with Crippen LogP contribution in [0.3, 0.4) is 0 Å². The third kappa shape index (κ3) is 9.46. The summed E-state index contributed by atoms with van der Waals surface area (Å²) in [6.45, 7) is 1.06. The van der Waals surface area contributed by atoms with Gasteiger partial charge in [-0.3, -0.25) is 5.43 Å². The molecule has 0 bridgehead atoms. The van der Waals surface area contributed by atoms with Gasteiger partial charge in [-0.05, 0) is 49.9 Å². The van der Waals surface area contributed by atoms with Crippen molar-refractivity contribution in [1.82, 2.24) is 10.3 Å². The first kappa shape index (κ1) is 18.9. The van der Waals surface area contributed by atoms with Crippen molar-refractivity contribution < 1.29 is 9.90 Å². The fourth-order valence-electron chi connectivity index (χ4n) is 2.13. The molecule has 1 aromatic carbocycles. The second kappa shape index (κ2) is 11.4. The summed E-state index contributed by atoms with van der Waals surface area (Å²) in [7, 11) is 0. The van der Waals surface area contributed by atoms with Gasteiger partial charge in [-0.25, -0.2) is 4.79 Å². The van der Waals surface area contributed by atoms with Crippen molar-refractivity contribution in [1.29, 1.82) is 0 Å². The molecule has 0 saturated carbocycles. The molecule has 4 N–H and O–H groups in total. The highest BCUT2D eigenvalue weighted by Gasteiger charge is 2.10. The molecule has 0 aromatic heterocycles. The number of nitrogens with zero attached hydrogens (tertiary/aromatic N) is 2. The van der Waals surface area contributed by atoms with E-state index in [1.807, 2.05) is 18.2 Å². The summed E-state index contributed by atoms with van der Waals surface area (Å²) in [5, 5.41) is 13.1. The minimum atomic E-state index is -0.872. The molecule has 0 radical (unpaired) electrons. The van der Waals surface area contributed by atoms with Gasteiger partial charge in [0, 0.05) is 19.3 Å². The zero-order valence-corrected chi connectivity index (χ0v) is 14.0. The van der Waals surface area contributed by atoms with E-state index in [0.717, 1.165) is 19.3 Å². The number of nitrogens with two attached hydrogens (primary N) is 1. The molecule has 0 fully saturated rings. The van der Waals surface area contributed by atoms with Crippen molar-refractivity contribution in [3.8, 4) is 0 Å². The van der Waals surface area contributed by atoms with Crippen molar-refractivity contribution in [2.75, 3.05) is 13.1 Å². The second-order valence-electron chi connectivity index (χ2n) is 5.14. The van der Waals surface area contributed by atoms with Crippen LogP contribution in [0.1, 0.15) is 31.2 Å². The van der Waals surface area contributed by atoms with Gasteiger partial charge in [-0.1, -0.05) is 30.3 Å². The third-order valence-corrected chi connectivity index (χ3v) is 3.38. The lowest BCUT2D eigenvalue weighted by Crippen LogP contribution is -2.31. The molecule has 1 rings (SSSR count). The first-order chi connectivity index (χ1) is 11.1. The number of amides is 1. The van der Waals surface area contributed by atoms with Gasteiger partial charge >= 0.3 is 6.09 Å². The molecule has 6 nitrogen and oxygen atoms in total. The molecule has 0 saturated heterocycles. The second-order valence-corrected chi connectivity index (χ2v) is 5.58. The Morgan fingerprint density at radius 1 is 1.26 bits per heavy atom. The van der Waals surface area contributed by atoms with Gasteiger partial charge in [0.1, 0.15) is 0 Å². The molecule has 1 amide bonds. The highest BCUT2D eigenvalue weighted by molar-refractivity contribution is 7.80. The van der Waals surface area contributed by atoms with E-state index in [0.29, 0.717) is 25.9 Å². The molecule has 0 heterocycles. The van der Waals surface area contributed by atoms with Crippen molar-refractivity contribution >= 4 is 29.6 Å². The Bertz CT molecular complexity index is 508. The van der Waals surface area contributed by atoms with E-state index in [1.54, 1.807) is 6.21 Å². The molecule has 0 aliphatic carbocycles. The summed E-state index contributed by atoms with van der Waals surface area (Å²) < 4.78 is 0. The number of benzene rings is 1. The van der Waals surface area contributed by atoms with E-state index in [9.17, 15) is 9.90 Å². The standard InChI is InChI=1S/C16H24N4O2S/c17-15(23)19-18-11-5-7-13-20(16(21)22)12-6-4-10-14-8-2-1-3-9-14/h1-3,8-9,11H,4-7,10,12-13H2,(H,21,22)(H3,17,19,23). The van der Waals surface area contributed by atoms with Gasteiger partial charge in [-0.2, -0.15) is 5.10 Å². The van der Waals surface area contributed by atoms with Gasteiger partial charge in [0.15, 0.2) is 5.11 Å². The van der Waals surface area contributed by atoms with Crippen LogP contribution in [0, 0.1) is 0 Å². The number of nitrogens with one attached hydrogen (secondary N) is 1. The number of unbranched alkanes of at least 4 members (excludes halogenated alkanes) is 2. The number of hydrogen-bond acceptors (Lipinski definition) is 3. The quantitative estimate of drug-likeness (QED) is 0.264. The average molecular weight is 336 g/mol. The first-order valence-electron chi connectivity index (χ1n) is 7.68. The monoisotopic (exact) mass is 336 g/mol. The number of hydrogen-bond donors (Lipinski definition) is 3. The summed E-state index contributed by atoms with van der Waals surface area (Å²) in [5.74, 6) is 0. The maximum atomic E-state index is 11.2. The topological polar surface area (TPSA) is 91.0 Å². The number of carbonyl (C=O) groups is 1. The summed E-state index contributed by atoms with van der Waals surface area (Å²) in [5.41, 5.74) is 8.98. The van der Waals surface area contributed by atoms with Crippen LogP contribution in [0.2, 0.25) is 0 Å². The number of thiocarbonyl (C=S) groups is 1. The van der Waals surface area contributed by atoms with Crippen LogP contribution >= 0.6 is 12.2 Å². The summed E-state index contributed by atoms with van der Waals surface area (Å²) in [6, 6.07) is 10.2. The van der Waals surface area contributed by atoms with Gasteiger partial charge in [-0.15, -0.1) is 0 Å². The molecule has 1 aromatic rings. The van der Waals surface area contributed by atoms with Crippen LogP contribution in [-0.4, -0.2) is 40.5 Å². The summed E-state index contributed by atoms with van der Waals surface area (Å²) in [6.07, 6.45) is 4.98. The molecule has 0 spiro atoms. The Labute approximate surface area is 142 Å². The lowest BCUT2D eigenvalue weighted by molar-refractivity contribution is 0.144. The largest absolute Gasteiger partial charge is 0.465 e. The molecule has 126 valence electrons. The molecule has 0 aliphatic heterocycles. The lowest BCUT2D eigenvalue weighted by atomic mass is 10.1. The molecular weight excluding hydrogens is 312 g/mol. The third-order valence-electron chi connectivity index (χ3n) is 3.28. The van der Waals surface area contributed by atoms with E-state index in [1.165, 1.54) is 10.5 Å². The van der Waals surface area contributed by atoms with Crippen LogP contribution < -0.4 is 11.2 Å². The Balaban J connectivity index is 2.18. The normalized spacial score (nSPS) is 10.6. The van der Waals surface area contributed by atoms with Crippen LogP contribution in [0.4, 0.5) is 4.79 Å². The highest BCUT2D eigenvalue weighted by Crippen LogP contribution is 2.06. The molecule has 0 atom stereocenters. The predicted octanol–water partition coefficient (Wildman–Crippen LogP) is 2.59. The molecule has 0 aliphatic rings. The number of rotatable bonds is 10. The Morgan fingerprint density at radius 3 is 2.61 bits per heavy atom. The maximum absolute atomic E-state index is 11.2.